The Labute approximate surface area is 191 Å². The van der Waals surface area contributed by atoms with E-state index in [4.69, 9.17) is 4.74 Å². The molecular weight excluding hydrogens is 386 g/mol. The normalized spacial score (nSPS) is 17.9. The maximum absolute atomic E-state index is 12.4. The zero-order valence-corrected chi connectivity index (χ0v) is 20.4. The predicted octanol–water partition coefficient (Wildman–Crippen LogP) is 7.05. The van der Waals surface area contributed by atoms with E-state index in [0.717, 1.165) is 51.1 Å². The van der Waals surface area contributed by atoms with Crippen LogP contribution in [0.25, 0.3) is 0 Å². The number of esters is 1. The molecular formula is C27H49NO3. The van der Waals surface area contributed by atoms with E-state index in [1.54, 1.807) is 0 Å². The van der Waals surface area contributed by atoms with Gasteiger partial charge in [-0.3, -0.25) is 9.59 Å². The summed E-state index contributed by atoms with van der Waals surface area (Å²) in [5.74, 6) is 1.02. The van der Waals surface area contributed by atoms with Crippen molar-refractivity contribution >= 4 is 11.9 Å². The molecule has 1 heterocycles. The van der Waals surface area contributed by atoms with Crippen molar-refractivity contribution in [2.45, 2.75) is 129 Å². The summed E-state index contributed by atoms with van der Waals surface area (Å²) in [6.45, 7) is 4.28. The van der Waals surface area contributed by atoms with Crippen molar-refractivity contribution in [3.63, 3.8) is 0 Å². The Morgan fingerprint density at radius 1 is 0.774 bits per heavy atom. The number of hydrogen-bond acceptors (Lipinski definition) is 3. The number of carbonyl (C=O) groups excluding carboxylic acids is 2. The second-order valence-electron chi connectivity index (χ2n) is 10.0. The highest BCUT2D eigenvalue weighted by Gasteiger charge is 2.28. The van der Waals surface area contributed by atoms with Crippen molar-refractivity contribution < 1.29 is 14.3 Å². The van der Waals surface area contributed by atoms with E-state index in [2.05, 4.69) is 6.92 Å². The van der Waals surface area contributed by atoms with Crippen LogP contribution in [0.2, 0.25) is 0 Å². The first-order valence-electron chi connectivity index (χ1n) is 13.6. The van der Waals surface area contributed by atoms with Crippen LogP contribution in [-0.2, 0) is 14.3 Å². The smallest absolute Gasteiger partial charge is 0.309 e. The molecule has 0 spiro atoms. The van der Waals surface area contributed by atoms with E-state index in [9.17, 15) is 9.59 Å². The highest BCUT2D eigenvalue weighted by molar-refractivity contribution is 5.77. The Bertz CT molecular complexity index is 479. The first-order chi connectivity index (χ1) is 15.2. The largest absolute Gasteiger partial charge is 0.465 e. The third kappa shape index (κ3) is 11.4. The lowest BCUT2D eigenvalue weighted by molar-refractivity contribution is -0.151. The molecule has 1 saturated heterocycles. The van der Waals surface area contributed by atoms with Gasteiger partial charge in [-0.2, -0.15) is 0 Å². The molecule has 0 atom stereocenters. The number of amides is 1. The molecule has 0 radical (unpaired) electrons. The standard InChI is InChI=1S/C27H49NO3/c1-2-3-4-5-6-7-8-9-10-11-14-23-31-27(30)25-19-21-28(22-20-25)26(29)18-17-24-15-12-13-16-24/h24-25H,2-23H2,1H3. The van der Waals surface area contributed by atoms with Crippen LogP contribution in [0.5, 0.6) is 0 Å². The Morgan fingerprint density at radius 2 is 1.32 bits per heavy atom. The van der Waals surface area contributed by atoms with E-state index in [-0.39, 0.29) is 11.9 Å². The summed E-state index contributed by atoms with van der Waals surface area (Å²) < 4.78 is 5.53. The van der Waals surface area contributed by atoms with Crippen LogP contribution in [0.3, 0.4) is 0 Å². The number of likely N-dealkylation sites (tertiary alicyclic amines) is 1. The first kappa shape index (κ1) is 26.2. The SMILES string of the molecule is CCCCCCCCCCCCCOC(=O)C1CCN(C(=O)CCC2CCCC2)CC1. The van der Waals surface area contributed by atoms with Gasteiger partial charge in [0.05, 0.1) is 12.5 Å². The lowest BCUT2D eigenvalue weighted by Gasteiger charge is -2.31. The van der Waals surface area contributed by atoms with Crippen molar-refractivity contribution in [2.75, 3.05) is 19.7 Å². The van der Waals surface area contributed by atoms with Crippen molar-refractivity contribution in [3.05, 3.63) is 0 Å². The summed E-state index contributed by atoms with van der Waals surface area (Å²) in [7, 11) is 0. The molecule has 2 rings (SSSR count). The minimum Gasteiger partial charge on any atom is -0.465 e. The Kier molecular flexibility index (Phi) is 14.0. The number of ether oxygens (including phenoxy) is 1. The van der Waals surface area contributed by atoms with Gasteiger partial charge in [-0.05, 0) is 31.6 Å². The summed E-state index contributed by atoms with van der Waals surface area (Å²) in [6, 6.07) is 0. The molecule has 31 heavy (non-hydrogen) atoms. The maximum Gasteiger partial charge on any atom is 0.309 e. The summed E-state index contributed by atoms with van der Waals surface area (Å²) >= 11 is 0. The number of piperidine rings is 1. The quantitative estimate of drug-likeness (QED) is 0.193. The van der Waals surface area contributed by atoms with Gasteiger partial charge in [0.1, 0.15) is 0 Å². The topological polar surface area (TPSA) is 46.6 Å². The molecule has 1 aliphatic carbocycles. The molecule has 0 aromatic carbocycles. The molecule has 0 unspecified atom stereocenters. The van der Waals surface area contributed by atoms with Crippen LogP contribution in [-0.4, -0.2) is 36.5 Å². The van der Waals surface area contributed by atoms with Crippen LogP contribution in [0.4, 0.5) is 0 Å². The number of rotatable bonds is 16. The molecule has 2 fully saturated rings. The minimum atomic E-state index is -0.0369. The second-order valence-corrected chi connectivity index (χ2v) is 10.0. The van der Waals surface area contributed by atoms with Gasteiger partial charge in [0, 0.05) is 19.5 Å². The Balaban J connectivity index is 1.41. The van der Waals surface area contributed by atoms with Gasteiger partial charge in [-0.25, -0.2) is 0 Å². The van der Waals surface area contributed by atoms with Crippen LogP contribution >= 0.6 is 0 Å². The van der Waals surface area contributed by atoms with Crippen LogP contribution in [0.1, 0.15) is 129 Å². The molecule has 0 bridgehead atoms. The van der Waals surface area contributed by atoms with Crippen molar-refractivity contribution in [2.24, 2.45) is 11.8 Å². The highest BCUT2D eigenvalue weighted by atomic mass is 16.5. The van der Waals surface area contributed by atoms with Gasteiger partial charge in [0.2, 0.25) is 5.91 Å². The molecule has 4 nitrogen and oxygen atoms in total. The number of nitrogens with zero attached hydrogens (tertiary/aromatic N) is 1. The molecule has 4 heteroatoms. The fourth-order valence-electron chi connectivity index (χ4n) is 5.21. The molecule has 1 saturated carbocycles. The maximum atomic E-state index is 12.4. The second kappa shape index (κ2) is 16.6. The van der Waals surface area contributed by atoms with Crippen LogP contribution in [0.15, 0.2) is 0 Å². The van der Waals surface area contributed by atoms with Gasteiger partial charge in [0.25, 0.3) is 0 Å². The van der Waals surface area contributed by atoms with E-state index >= 15 is 0 Å². The van der Waals surface area contributed by atoms with Crippen LogP contribution in [0, 0.1) is 11.8 Å². The van der Waals surface area contributed by atoms with Gasteiger partial charge < -0.3 is 9.64 Å². The minimum absolute atomic E-state index is 0.00779. The van der Waals surface area contributed by atoms with E-state index in [1.807, 2.05) is 4.90 Å². The molecule has 0 aromatic rings. The molecule has 1 amide bonds. The fraction of sp³-hybridized carbons (Fsp3) is 0.926. The third-order valence-electron chi connectivity index (χ3n) is 7.41. The average Bonchev–Trinajstić information content (AvgIpc) is 3.32. The summed E-state index contributed by atoms with van der Waals surface area (Å²) in [6.07, 6.45) is 22.9. The number of unbranched alkanes of at least 4 members (excludes halogenated alkanes) is 10. The Hall–Kier alpha value is -1.06. The zero-order valence-electron chi connectivity index (χ0n) is 20.4. The predicted molar refractivity (Wildman–Crippen MR) is 128 cm³/mol. The molecule has 0 aromatic heterocycles. The third-order valence-corrected chi connectivity index (χ3v) is 7.41. The van der Waals surface area contributed by atoms with Gasteiger partial charge in [-0.15, -0.1) is 0 Å². The molecule has 180 valence electrons. The molecule has 0 N–H and O–H groups in total. The van der Waals surface area contributed by atoms with Gasteiger partial charge in [0.15, 0.2) is 0 Å². The molecule has 2 aliphatic rings. The van der Waals surface area contributed by atoms with E-state index in [1.165, 1.54) is 83.5 Å². The van der Waals surface area contributed by atoms with Crippen LogP contribution < -0.4 is 0 Å². The lowest BCUT2D eigenvalue weighted by Crippen LogP contribution is -2.40. The van der Waals surface area contributed by atoms with Crippen molar-refractivity contribution in [1.82, 2.24) is 4.90 Å². The molecule has 1 aliphatic heterocycles. The Morgan fingerprint density at radius 3 is 1.90 bits per heavy atom. The van der Waals surface area contributed by atoms with E-state index in [0.29, 0.717) is 18.9 Å². The van der Waals surface area contributed by atoms with Gasteiger partial charge in [-0.1, -0.05) is 96.8 Å². The zero-order chi connectivity index (χ0) is 22.2. The summed E-state index contributed by atoms with van der Waals surface area (Å²) in [5.41, 5.74) is 0. The van der Waals surface area contributed by atoms with Gasteiger partial charge >= 0.3 is 5.97 Å². The van der Waals surface area contributed by atoms with E-state index < -0.39 is 0 Å². The highest BCUT2D eigenvalue weighted by Crippen LogP contribution is 2.29. The fourth-order valence-corrected chi connectivity index (χ4v) is 5.21. The number of carbonyl (C=O) groups is 2. The van der Waals surface area contributed by atoms with Crippen molar-refractivity contribution in [1.29, 1.82) is 0 Å². The van der Waals surface area contributed by atoms with Crippen molar-refractivity contribution in [3.8, 4) is 0 Å². The summed E-state index contributed by atoms with van der Waals surface area (Å²) in [4.78, 5) is 26.7. The monoisotopic (exact) mass is 435 g/mol. The number of hydrogen-bond donors (Lipinski definition) is 0. The summed E-state index contributed by atoms with van der Waals surface area (Å²) in [5, 5.41) is 0. The lowest BCUT2D eigenvalue weighted by atomic mass is 9.96. The first-order valence-corrected chi connectivity index (χ1v) is 13.6. The average molecular weight is 436 g/mol.